The molecule has 0 saturated carbocycles. The number of hydrogen-bond acceptors (Lipinski definition) is 3. The van der Waals surface area contributed by atoms with Gasteiger partial charge in [-0.05, 0) is 52.4 Å². The molecule has 20 heavy (non-hydrogen) atoms. The van der Waals surface area contributed by atoms with Gasteiger partial charge in [-0.3, -0.25) is 4.79 Å². The summed E-state index contributed by atoms with van der Waals surface area (Å²) in [5.74, 6) is 1.17. The summed E-state index contributed by atoms with van der Waals surface area (Å²) in [7, 11) is 1.55. The molecule has 0 heterocycles. The Bertz CT molecular complexity index is 629. The fraction of sp³-hybridized carbons (Fsp3) is 0.133. The Labute approximate surface area is 136 Å². The molecule has 0 saturated heterocycles. The maximum Gasteiger partial charge on any atom is 0.174 e. The summed E-state index contributed by atoms with van der Waals surface area (Å²) in [6.45, 7) is 0.382. The van der Waals surface area contributed by atoms with Crippen LogP contribution in [0.4, 0.5) is 0 Å². The van der Waals surface area contributed by atoms with Crippen LogP contribution in [0.15, 0.2) is 36.4 Å². The number of hydrogen-bond donors (Lipinski definition) is 0. The van der Waals surface area contributed by atoms with Crippen LogP contribution in [0.25, 0.3) is 0 Å². The van der Waals surface area contributed by atoms with Gasteiger partial charge in [-0.15, -0.1) is 0 Å². The molecule has 0 N–H and O–H groups in total. The first-order valence-electron chi connectivity index (χ1n) is 5.84. The summed E-state index contributed by atoms with van der Waals surface area (Å²) in [5, 5.41) is 0.670. The third-order valence-electron chi connectivity index (χ3n) is 2.66. The van der Waals surface area contributed by atoms with Crippen molar-refractivity contribution in [1.29, 1.82) is 0 Å². The van der Waals surface area contributed by atoms with Crippen molar-refractivity contribution in [2.24, 2.45) is 0 Å². The number of rotatable bonds is 5. The lowest BCUT2D eigenvalue weighted by atomic mass is 10.2. The second-order valence-corrected chi connectivity index (χ2v) is 5.67. The van der Waals surface area contributed by atoms with Gasteiger partial charge in [0.2, 0.25) is 0 Å². The van der Waals surface area contributed by atoms with Crippen molar-refractivity contribution in [2.75, 3.05) is 7.11 Å². The fourth-order valence-electron chi connectivity index (χ4n) is 1.73. The number of carbonyl (C=O) groups excluding carboxylic acids is 1. The lowest BCUT2D eigenvalue weighted by Crippen LogP contribution is -2.00. The van der Waals surface area contributed by atoms with Crippen LogP contribution in [0.2, 0.25) is 5.02 Å². The van der Waals surface area contributed by atoms with E-state index in [1.165, 1.54) is 0 Å². The maximum atomic E-state index is 10.8. The molecule has 2 aromatic carbocycles. The van der Waals surface area contributed by atoms with E-state index in [-0.39, 0.29) is 0 Å². The molecule has 0 bridgehead atoms. The average Bonchev–Trinajstić information content (AvgIpc) is 2.45. The molecule has 0 spiro atoms. The molecule has 0 atom stereocenters. The molecule has 2 rings (SSSR count). The van der Waals surface area contributed by atoms with Crippen LogP contribution in [0.5, 0.6) is 11.5 Å². The summed E-state index contributed by atoms with van der Waals surface area (Å²) in [6, 6.07) is 10.9. The highest BCUT2D eigenvalue weighted by molar-refractivity contribution is 14.1. The van der Waals surface area contributed by atoms with Crippen molar-refractivity contribution >= 4 is 40.5 Å². The zero-order chi connectivity index (χ0) is 14.5. The molecular formula is C15H12ClIO3. The summed E-state index contributed by atoms with van der Waals surface area (Å²) < 4.78 is 11.9. The molecule has 0 radical (unpaired) electrons. The molecule has 0 aliphatic rings. The number of methoxy groups -OCH3 is 1. The van der Waals surface area contributed by atoms with E-state index in [2.05, 4.69) is 22.6 Å². The van der Waals surface area contributed by atoms with Crippen LogP contribution < -0.4 is 9.47 Å². The van der Waals surface area contributed by atoms with Gasteiger partial charge >= 0.3 is 0 Å². The van der Waals surface area contributed by atoms with Crippen LogP contribution in [-0.2, 0) is 6.61 Å². The first-order chi connectivity index (χ1) is 9.63. The average molecular weight is 403 g/mol. The minimum absolute atomic E-state index is 0.382. The Balaban J connectivity index is 2.22. The van der Waals surface area contributed by atoms with Gasteiger partial charge in [0.1, 0.15) is 12.9 Å². The molecule has 0 fully saturated rings. The van der Waals surface area contributed by atoms with Crippen LogP contribution in [0, 0.1) is 3.57 Å². The Morgan fingerprint density at radius 2 is 2.10 bits per heavy atom. The predicted octanol–water partition coefficient (Wildman–Crippen LogP) is 4.34. The maximum absolute atomic E-state index is 10.8. The van der Waals surface area contributed by atoms with E-state index >= 15 is 0 Å². The third kappa shape index (κ3) is 3.64. The molecule has 5 heteroatoms. The van der Waals surface area contributed by atoms with Gasteiger partial charge in [-0.2, -0.15) is 0 Å². The van der Waals surface area contributed by atoms with Gasteiger partial charge in [0.25, 0.3) is 0 Å². The highest BCUT2D eigenvalue weighted by atomic mass is 127. The monoisotopic (exact) mass is 402 g/mol. The SMILES string of the molecule is COc1cc(C=O)cc(I)c1OCc1cccc(Cl)c1. The standard InChI is InChI=1S/C15H12ClIO3/c1-19-14-7-11(8-18)6-13(17)15(14)20-9-10-3-2-4-12(16)5-10/h2-8H,9H2,1H3. The lowest BCUT2D eigenvalue weighted by Gasteiger charge is -2.13. The molecule has 0 unspecified atom stereocenters. The van der Waals surface area contributed by atoms with Gasteiger partial charge in [0.05, 0.1) is 10.7 Å². The Hall–Kier alpha value is -1.27. The summed E-state index contributed by atoms with van der Waals surface area (Å²) in [6.07, 6.45) is 0.783. The Kier molecular flexibility index (Phi) is 5.25. The Morgan fingerprint density at radius 3 is 2.75 bits per heavy atom. The molecule has 0 aromatic heterocycles. The molecule has 3 nitrogen and oxygen atoms in total. The van der Waals surface area contributed by atoms with E-state index in [4.69, 9.17) is 21.1 Å². The van der Waals surface area contributed by atoms with E-state index in [0.29, 0.717) is 28.7 Å². The molecule has 0 amide bonds. The quantitative estimate of drug-likeness (QED) is 0.551. The van der Waals surface area contributed by atoms with Crippen LogP contribution in [-0.4, -0.2) is 13.4 Å². The van der Waals surface area contributed by atoms with Crippen LogP contribution >= 0.6 is 34.2 Å². The summed E-state index contributed by atoms with van der Waals surface area (Å²) in [4.78, 5) is 10.8. The zero-order valence-corrected chi connectivity index (χ0v) is 13.6. The number of carbonyl (C=O) groups is 1. The first kappa shape index (κ1) is 15.1. The predicted molar refractivity (Wildman–Crippen MR) is 86.9 cm³/mol. The largest absolute Gasteiger partial charge is 0.493 e. The highest BCUT2D eigenvalue weighted by Crippen LogP contribution is 2.34. The highest BCUT2D eigenvalue weighted by Gasteiger charge is 2.11. The van der Waals surface area contributed by atoms with Gasteiger partial charge in [-0.1, -0.05) is 23.7 Å². The number of aldehydes is 1. The zero-order valence-electron chi connectivity index (χ0n) is 10.7. The second kappa shape index (κ2) is 6.95. The van der Waals surface area contributed by atoms with Crippen molar-refractivity contribution in [3.05, 3.63) is 56.1 Å². The third-order valence-corrected chi connectivity index (χ3v) is 3.70. The topological polar surface area (TPSA) is 35.5 Å². The van der Waals surface area contributed by atoms with Crippen LogP contribution in [0.1, 0.15) is 15.9 Å². The van der Waals surface area contributed by atoms with Crippen molar-refractivity contribution < 1.29 is 14.3 Å². The van der Waals surface area contributed by atoms with Crippen molar-refractivity contribution in [3.63, 3.8) is 0 Å². The van der Waals surface area contributed by atoms with Gasteiger partial charge in [0, 0.05) is 10.6 Å². The van der Waals surface area contributed by atoms with Crippen molar-refractivity contribution in [2.45, 2.75) is 6.61 Å². The van der Waals surface area contributed by atoms with Crippen molar-refractivity contribution in [1.82, 2.24) is 0 Å². The van der Waals surface area contributed by atoms with E-state index in [9.17, 15) is 4.79 Å². The van der Waals surface area contributed by atoms with Gasteiger partial charge < -0.3 is 9.47 Å². The fourth-order valence-corrected chi connectivity index (χ4v) is 2.72. The van der Waals surface area contributed by atoms with Gasteiger partial charge in [-0.25, -0.2) is 0 Å². The van der Waals surface area contributed by atoms with Crippen LogP contribution in [0.3, 0.4) is 0 Å². The number of halogens is 2. The lowest BCUT2D eigenvalue weighted by molar-refractivity contribution is 0.112. The smallest absolute Gasteiger partial charge is 0.174 e. The summed E-state index contributed by atoms with van der Waals surface area (Å²) in [5.41, 5.74) is 1.52. The van der Waals surface area contributed by atoms with Crippen molar-refractivity contribution in [3.8, 4) is 11.5 Å². The molecule has 0 aliphatic carbocycles. The molecule has 104 valence electrons. The summed E-state index contributed by atoms with van der Waals surface area (Å²) >= 11 is 8.05. The van der Waals surface area contributed by atoms with Gasteiger partial charge in [0.15, 0.2) is 11.5 Å². The minimum atomic E-state index is 0.382. The second-order valence-electron chi connectivity index (χ2n) is 4.07. The van der Waals surface area contributed by atoms with E-state index in [1.807, 2.05) is 24.3 Å². The van der Waals surface area contributed by atoms with E-state index in [0.717, 1.165) is 15.4 Å². The number of ether oxygens (including phenoxy) is 2. The first-order valence-corrected chi connectivity index (χ1v) is 7.29. The normalized spacial score (nSPS) is 10.2. The molecular weight excluding hydrogens is 391 g/mol. The number of benzene rings is 2. The Morgan fingerprint density at radius 1 is 1.30 bits per heavy atom. The van der Waals surface area contributed by atoms with E-state index < -0.39 is 0 Å². The minimum Gasteiger partial charge on any atom is -0.493 e. The molecule has 0 aliphatic heterocycles. The molecule has 2 aromatic rings. The van der Waals surface area contributed by atoms with E-state index in [1.54, 1.807) is 19.2 Å².